The highest BCUT2D eigenvalue weighted by Crippen LogP contribution is 2.30. The summed E-state index contributed by atoms with van der Waals surface area (Å²) >= 11 is 0. The molecule has 4 aromatic rings. The molecule has 0 aliphatic rings. The van der Waals surface area contributed by atoms with Crippen LogP contribution in [0.25, 0.3) is 33.3 Å². The number of likely N-dealkylation sites (N-methyl/N-ethyl adjacent to an activating group) is 1. The van der Waals surface area contributed by atoms with Crippen LogP contribution >= 0.6 is 0 Å². The first-order chi connectivity index (χ1) is 16.8. The van der Waals surface area contributed by atoms with E-state index < -0.39 is 6.04 Å². The molecule has 35 heavy (non-hydrogen) atoms. The molecule has 0 unspecified atom stereocenters. The van der Waals surface area contributed by atoms with Gasteiger partial charge in [-0.3, -0.25) is 9.59 Å². The van der Waals surface area contributed by atoms with E-state index in [4.69, 9.17) is 5.73 Å². The zero-order valence-electron chi connectivity index (χ0n) is 20.7. The number of benzene rings is 1. The van der Waals surface area contributed by atoms with Crippen molar-refractivity contribution in [2.75, 3.05) is 25.4 Å². The number of nitrogens with zero attached hydrogens (tertiary/aromatic N) is 3. The number of fused-ring (bicyclic) bond motifs is 2. The molecular formula is C26H33N7O2. The van der Waals surface area contributed by atoms with Crippen LogP contribution in [-0.2, 0) is 4.79 Å². The van der Waals surface area contributed by atoms with Crippen molar-refractivity contribution in [3.05, 3.63) is 41.7 Å². The van der Waals surface area contributed by atoms with E-state index in [1.54, 1.807) is 12.1 Å². The highest BCUT2D eigenvalue weighted by atomic mass is 16.2. The van der Waals surface area contributed by atoms with E-state index >= 15 is 0 Å². The number of anilines is 1. The number of hydrogen-bond donors (Lipinski definition) is 4. The normalized spacial score (nSPS) is 12.5. The SMILES string of the molecule is CCCC(=O)[C@H](CN(CC)CC)NC(=O)c1ccc2[nH]c(-c3cc(N)nc4nc(C)[nH]c34)cc2c1. The van der Waals surface area contributed by atoms with Crippen LogP contribution in [0.5, 0.6) is 0 Å². The van der Waals surface area contributed by atoms with Gasteiger partial charge >= 0.3 is 0 Å². The Morgan fingerprint density at radius 1 is 1.09 bits per heavy atom. The maximum atomic E-state index is 13.1. The van der Waals surface area contributed by atoms with Crippen LogP contribution in [0.15, 0.2) is 30.3 Å². The van der Waals surface area contributed by atoms with Gasteiger partial charge in [0.2, 0.25) is 0 Å². The molecule has 0 aliphatic carbocycles. The minimum atomic E-state index is -0.531. The van der Waals surface area contributed by atoms with Crippen LogP contribution in [-0.4, -0.2) is 62.2 Å². The average Bonchev–Trinajstić information content (AvgIpc) is 3.43. The maximum absolute atomic E-state index is 13.1. The second kappa shape index (κ2) is 10.3. The third-order valence-electron chi connectivity index (χ3n) is 6.30. The Bertz CT molecular complexity index is 1370. The lowest BCUT2D eigenvalue weighted by atomic mass is 10.1. The molecule has 0 saturated carbocycles. The van der Waals surface area contributed by atoms with E-state index in [1.807, 2.05) is 32.0 Å². The lowest BCUT2D eigenvalue weighted by Gasteiger charge is -2.25. The molecule has 0 radical (unpaired) electrons. The average molecular weight is 476 g/mol. The fourth-order valence-electron chi connectivity index (χ4n) is 4.38. The number of Topliss-reactive ketones (excluding diaryl/α,β-unsaturated/α-hetero) is 1. The summed E-state index contributed by atoms with van der Waals surface area (Å²) in [5, 5.41) is 3.86. The molecule has 3 heterocycles. The van der Waals surface area contributed by atoms with Crippen LogP contribution in [0.3, 0.4) is 0 Å². The van der Waals surface area contributed by atoms with E-state index in [1.165, 1.54) is 0 Å². The van der Waals surface area contributed by atoms with Crippen LogP contribution < -0.4 is 11.1 Å². The number of carbonyl (C=O) groups excluding carboxylic acids is 2. The number of rotatable bonds is 10. The highest BCUT2D eigenvalue weighted by Gasteiger charge is 2.23. The number of aromatic amines is 2. The van der Waals surface area contributed by atoms with Crippen molar-refractivity contribution in [1.29, 1.82) is 0 Å². The van der Waals surface area contributed by atoms with E-state index in [-0.39, 0.29) is 11.7 Å². The summed E-state index contributed by atoms with van der Waals surface area (Å²) in [4.78, 5) is 43.3. The van der Waals surface area contributed by atoms with E-state index in [9.17, 15) is 9.59 Å². The molecule has 0 fully saturated rings. The Morgan fingerprint density at radius 2 is 1.86 bits per heavy atom. The number of nitrogens with two attached hydrogens (primary N) is 1. The number of H-pyrrole nitrogens is 2. The molecule has 5 N–H and O–H groups in total. The second-order valence-electron chi connectivity index (χ2n) is 8.83. The molecule has 0 saturated heterocycles. The fourth-order valence-corrected chi connectivity index (χ4v) is 4.38. The summed E-state index contributed by atoms with van der Waals surface area (Å²) < 4.78 is 0. The standard InChI is InChI=1S/C26H33N7O2/c1-5-8-22(34)21(14-33(6-2)7-3)31-26(35)16-9-10-19-17(11-16)12-20(30-19)18-13-23(27)32-25-24(18)28-15(4)29-25/h9-13,21,30H,5-8,14H2,1-4H3,(H,31,35)(H3,27,28,29,32)/t21-/m0/s1. The molecule has 1 amide bonds. The summed E-state index contributed by atoms with van der Waals surface area (Å²) in [5.74, 6) is 0.947. The first-order valence-electron chi connectivity index (χ1n) is 12.1. The Kier molecular flexibility index (Phi) is 7.16. The first kappa shape index (κ1) is 24.4. The Labute approximate surface area is 204 Å². The van der Waals surface area contributed by atoms with Gasteiger partial charge in [0.15, 0.2) is 11.4 Å². The molecule has 1 atom stereocenters. The lowest BCUT2D eigenvalue weighted by Crippen LogP contribution is -2.48. The number of ketones is 1. The summed E-state index contributed by atoms with van der Waals surface area (Å²) in [5.41, 5.74) is 10.5. The molecule has 184 valence electrons. The number of amides is 1. The molecule has 1 aromatic carbocycles. The van der Waals surface area contributed by atoms with Gasteiger partial charge in [0, 0.05) is 40.7 Å². The zero-order chi connectivity index (χ0) is 25.1. The van der Waals surface area contributed by atoms with Crippen molar-refractivity contribution < 1.29 is 9.59 Å². The van der Waals surface area contributed by atoms with Crippen molar-refractivity contribution in [1.82, 2.24) is 30.2 Å². The van der Waals surface area contributed by atoms with Gasteiger partial charge in [-0.2, -0.15) is 0 Å². The molecule has 4 rings (SSSR count). The minimum Gasteiger partial charge on any atom is -0.384 e. The van der Waals surface area contributed by atoms with Gasteiger partial charge in [0.1, 0.15) is 17.7 Å². The number of imidazole rings is 1. The largest absolute Gasteiger partial charge is 0.384 e. The molecule has 0 aliphatic heterocycles. The first-order valence-corrected chi connectivity index (χ1v) is 12.1. The topological polar surface area (TPSA) is 133 Å². The monoisotopic (exact) mass is 475 g/mol. The number of nitrogens with one attached hydrogen (secondary N) is 3. The van der Waals surface area contributed by atoms with Crippen LogP contribution in [0.2, 0.25) is 0 Å². The summed E-state index contributed by atoms with van der Waals surface area (Å²) in [6.45, 7) is 10.1. The van der Waals surface area contributed by atoms with Gasteiger partial charge in [-0.15, -0.1) is 0 Å². The Hall–Kier alpha value is -3.72. The second-order valence-corrected chi connectivity index (χ2v) is 8.83. The van der Waals surface area contributed by atoms with Crippen molar-refractivity contribution in [3.63, 3.8) is 0 Å². The number of carbonyl (C=O) groups is 2. The lowest BCUT2D eigenvalue weighted by molar-refractivity contribution is -0.121. The smallest absolute Gasteiger partial charge is 0.251 e. The number of aromatic nitrogens is 4. The summed E-state index contributed by atoms with van der Waals surface area (Å²) in [6, 6.07) is 8.73. The Balaban J connectivity index is 1.62. The third-order valence-corrected chi connectivity index (χ3v) is 6.30. The van der Waals surface area contributed by atoms with Gasteiger partial charge in [0.05, 0.1) is 5.52 Å². The maximum Gasteiger partial charge on any atom is 0.251 e. The molecule has 3 aromatic heterocycles. The molecule has 9 heteroatoms. The number of nitrogen functional groups attached to an aromatic ring is 1. The fraction of sp³-hybridized carbons (Fsp3) is 0.385. The third kappa shape index (κ3) is 5.19. The van der Waals surface area contributed by atoms with Gasteiger partial charge < -0.3 is 25.9 Å². The molecule has 0 bridgehead atoms. The predicted octanol–water partition coefficient (Wildman–Crippen LogP) is 3.81. The molecule has 9 nitrogen and oxygen atoms in total. The van der Waals surface area contributed by atoms with Gasteiger partial charge in [0.25, 0.3) is 5.91 Å². The Morgan fingerprint density at radius 3 is 2.57 bits per heavy atom. The van der Waals surface area contributed by atoms with E-state index in [2.05, 4.69) is 44.0 Å². The number of hydrogen-bond acceptors (Lipinski definition) is 6. The highest BCUT2D eigenvalue weighted by molar-refractivity contribution is 6.02. The predicted molar refractivity (Wildman–Crippen MR) is 139 cm³/mol. The number of pyridine rings is 1. The van der Waals surface area contributed by atoms with Crippen molar-refractivity contribution in [3.8, 4) is 11.3 Å². The van der Waals surface area contributed by atoms with Gasteiger partial charge in [-0.05, 0) is 56.8 Å². The summed E-state index contributed by atoms with van der Waals surface area (Å²) in [6.07, 6.45) is 1.20. The molecular weight excluding hydrogens is 442 g/mol. The van der Waals surface area contributed by atoms with Crippen LogP contribution in [0.1, 0.15) is 49.8 Å². The molecule has 0 spiro atoms. The minimum absolute atomic E-state index is 0.0619. The number of aryl methyl sites for hydroxylation is 1. The van der Waals surface area contributed by atoms with Crippen molar-refractivity contribution >= 4 is 39.6 Å². The summed E-state index contributed by atoms with van der Waals surface area (Å²) in [7, 11) is 0. The van der Waals surface area contributed by atoms with Crippen LogP contribution in [0.4, 0.5) is 5.82 Å². The zero-order valence-corrected chi connectivity index (χ0v) is 20.7. The van der Waals surface area contributed by atoms with Gasteiger partial charge in [-0.1, -0.05) is 20.8 Å². The van der Waals surface area contributed by atoms with Crippen molar-refractivity contribution in [2.45, 2.75) is 46.6 Å². The van der Waals surface area contributed by atoms with Gasteiger partial charge in [-0.25, -0.2) is 9.97 Å². The van der Waals surface area contributed by atoms with Crippen LogP contribution in [0, 0.1) is 6.92 Å². The van der Waals surface area contributed by atoms with E-state index in [0.717, 1.165) is 53.0 Å². The quantitative estimate of drug-likeness (QED) is 0.276. The van der Waals surface area contributed by atoms with E-state index in [0.29, 0.717) is 30.0 Å². The van der Waals surface area contributed by atoms with Crippen molar-refractivity contribution in [2.24, 2.45) is 0 Å².